The number of hydrogen-bond donors (Lipinski definition) is 3. The quantitative estimate of drug-likeness (QED) is 0.468. The number of fused-ring (bicyclic) bond motifs is 1. The van der Waals surface area contributed by atoms with Gasteiger partial charge in [0.25, 0.3) is 5.91 Å². The average Bonchev–Trinajstić information content (AvgIpc) is 3.13. The van der Waals surface area contributed by atoms with Crippen LogP contribution in [0.2, 0.25) is 0 Å². The highest BCUT2D eigenvalue weighted by atomic mass is 32.1. The molecule has 27 heavy (non-hydrogen) atoms. The van der Waals surface area contributed by atoms with Crippen molar-refractivity contribution >= 4 is 40.0 Å². The van der Waals surface area contributed by atoms with Crippen molar-refractivity contribution in [1.29, 1.82) is 0 Å². The number of thiocarbonyl (C=S) groups is 1. The molecule has 6 heteroatoms. The van der Waals surface area contributed by atoms with Crippen LogP contribution >= 0.6 is 12.2 Å². The van der Waals surface area contributed by atoms with Crippen LogP contribution < -0.4 is 10.6 Å². The summed E-state index contributed by atoms with van der Waals surface area (Å²) in [6.07, 6.45) is 0. The van der Waals surface area contributed by atoms with E-state index in [9.17, 15) is 4.79 Å². The number of aromatic nitrogens is 2. The van der Waals surface area contributed by atoms with Crippen LogP contribution in [-0.4, -0.2) is 21.0 Å². The van der Waals surface area contributed by atoms with Gasteiger partial charge in [0, 0.05) is 16.8 Å². The molecule has 0 unspecified atom stereocenters. The van der Waals surface area contributed by atoms with Gasteiger partial charge in [0.1, 0.15) is 5.82 Å². The second kappa shape index (κ2) is 7.39. The molecule has 4 aromatic rings. The summed E-state index contributed by atoms with van der Waals surface area (Å²) in [5.74, 6) is 0.528. The SMILES string of the molecule is O=C(NC(=S)Nc1cccc(-c2nc3ccccc3[nH]2)c1)c1ccccc1. The number of nitrogens with one attached hydrogen (secondary N) is 3. The number of amides is 1. The van der Waals surface area contributed by atoms with E-state index in [1.165, 1.54) is 0 Å². The summed E-state index contributed by atoms with van der Waals surface area (Å²) in [5, 5.41) is 5.97. The van der Waals surface area contributed by atoms with E-state index in [2.05, 4.69) is 20.6 Å². The Labute approximate surface area is 161 Å². The molecule has 132 valence electrons. The molecule has 5 nitrogen and oxygen atoms in total. The van der Waals surface area contributed by atoms with Gasteiger partial charge in [-0.15, -0.1) is 0 Å². The molecule has 1 amide bonds. The Bertz CT molecular complexity index is 1090. The van der Waals surface area contributed by atoms with E-state index in [1.54, 1.807) is 12.1 Å². The Morgan fingerprint density at radius 2 is 1.70 bits per heavy atom. The topological polar surface area (TPSA) is 69.8 Å². The van der Waals surface area contributed by atoms with Crippen LogP contribution in [0.4, 0.5) is 5.69 Å². The highest BCUT2D eigenvalue weighted by Gasteiger charge is 2.09. The third-order valence-electron chi connectivity index (χ3n) is 4.05. The molecule has 3 aromatic carbocycles. The number of carbonyl (C=O) groups excluding carboxylic acids is 1. The van der Waals surface area contributed by atoms with Crippen LogP contribution in [0.5, 0.6) is 0 Å². The molecule has 0 saturated carbocycles. The first kappa shape index (κ1) is 16.9. The predicted molar refractivity (Wildman–Crippen MR) is 112 cm³/mol. The van der Waals surface area contributed by atoms with E-state index >= 15 is 0 Å². The van der Waals surface area contributed by atoms with Crippen molar-refractivity contribution in [3.63, 3.8) is 0 Å². The molecule has 0 spiro atoms. The molecule has 1 aromatic heterocycles. The van der Waals surface area contributed by atoms with Crippen LogP contribution in [0.3, 0.4) is 0 Å². The number of nitrogens with zero attached hydrogens (tertiary/aromatic N) is 1. The fourth-order valence-electron chi connectivity index (χ4n) is 2.76. The van der Waals surface area contributed by atoms with Crippen molar-refractivity contribution in [2.24, 2.45) is 0 Å². The van der Waals surface area contributed by atoms with Crippen molar-refractivity contribution in [2.45, 2.75) is 0 Å². The lowest BCUT2D eigenvalue weighted by molar-refractivity contribution is 0.0977. The van der Waals surface area contributed by atoms with Crippen molar-refractivity contribution in [3.05, 3.63) is 84.4 Å². The number of imidazole rings is 1. The maximum absolute atomic E-state index is 12.2. The summed E-state index contributed by atoms with van der Waals surface area (Å²) >= 11 is 5.26. The number of hydrogen-bond acceptors (Lipinski definition) is 3. The second-order valence-electron chi connectivity index (χ2n) is 5.96. The Morgan fingerprint density at radius 1 is 0.926 bits per heavy atom. The van der Waals surface area contributed by atoms with Crippen LogP contribution in [0.25, 0.3) is 22.4 Å². The van der Waals surface area contributed by atoms with Gasteiger partial charge in [0.15, 0.2) is 5.11 Å². The normalized spacial score (nSPS) is 10.5. The fourth-order valence-corrected chi connectivity index (χ4v) is 2.97. The van der Waals surface area contributed by atoms with Crippen LogP contribution in [-0.2, 0) is 0 Å². The minimum atomic E-state index is -0.249. The summed E-state index contributed by atoms with van der Waals surface area (Å²) < 4.78 is 0. The lowest BCUT2D eigenvalue weighted by Crippen LogP contribution is -2.34. The standard InChI is InChI=1S/C21H16N4OS/c26-20(14-7-2-1-3-8-14)25-21(27)22-16-10-6-9-15(13-16)19-23-17-11-4-5-12-18(17)24-19/h1-13H,(H,23,24)(H2,22,25,26,27). The van der Waals surface area contributed by atoms with Gasteiger partial charge < -0.3 is 10.3 Å². The number of H-pyrrole nitrogens is 1. The third kappa shape index (κ3) is 3.86. The van der Waals surface area contributed by atoms with Gasteiger partial charge in [-0.2, -0.15) is 0 Å². The van der Waals surface area contributed by atoms with Crippen LogP contribution in [0.1, 0.15) is 10.4 Å². The van der Waals surface area contributed by atoms with Gasteiger partial charge in [-0.3, -0.25) is 10.1 Å². The molecule has 0 aliphatic heterocycles. The van der Waals surface area contributed by atoms with Crippen molar-refractivity contribution in [3.8, 4) is 11.4 Å². The molecule has 3 N–H and O–H groups in total. The maximum Gasteiger partial charge on any atom is 0.257 e. The Kier molecular flexibility index (Phi) is 4.63. The molecule has 0 bridgehead atoms. The second-order valence-corrected chi connectivity index (χ2v) is 6.37. The van der Waals surface area contributed by atoms with Crippen molar-refractivity contribution < 1.29 is 4.79 Å². The van der Waals surface area contributed by atoms with Crippen molar-refractivity contribution in [1.82, 2.24) is 15.3 Å². The zero-order valence-electron chi connectivity index (χ0n) is 14.3. The summed E-state index contributed by atoms with van der Waals surface area (Å²) in [6, 6.07) is 24.5. The smallest absolute Gasteiger partial charge is 0.257 e. The minimum absolute atomic E-state index is 0.241. The third-order valence-corrected chi connectivity index (χ3v) is 4.25. The number of carbonyl (C=O) groups is 1. The van der Waals surface area contributed by atoms with E-state index in [0.717, 1.165) is 28.1 Å². The van der Waals surface area contributed by atoms with Gasteiger partial charge in [-0.05, 0) is 48.6 Å². The van der Waals surface area contributed by atoms with Crippen LogP contribution in [0.15, 0.2) is 78.9 Å². The first-order chi connectivity index (χ1) is 13.2. The average molecular weight is 372 g/mol. The minimum Gasteiger partial charge on any atom is -0.338 e. The number of aromatic amines is 1. The summed E-state index contributed by atoms with van der Waals surface area (Å²) in [7, 11) is 0. The van der Waals surface area contributed by atoms with Gasteiger partial charge in [-0.25, -0.2) is 4.98 Å². The Hall–Kier alpha value is -3.51. The van der Waals surface area contributed by atoms with Gasteiger partial charge in [0.05, 0.1) is 11.0 Å². The van der Waals surface area contributed by atoms with E-state index in [0.29, 0.717) is 5.56 Å². The number of anilines is 1. The summed E-state index contributed by atoms with van der Waals surface area (Å²) in [4.78, 5) is 20.1. The fraction of sp³-hybridized carbons (Fsp3) is 0. The highest BCUT2D eigenvalue weighted by Crippen LogP contribution is 2.23. The van der Waals surface area contributed by atoms with Gasteiger partial charge in [-0.1, -0.05) is 42.5 Å². The summed E-state index contributed by atoms with van der Waals surface area (Å²) in [5.41, 5.74) is 4.14. The number of rotatable bonds is 3. The lowest BCUT2D eigenvalue weighted by Gasteiger charge is -2.10. The predicted octanol–water partition coefficient (Wildman–Crippen LogP) is 4.36. The zero-order chi connectivity index (χ0) is 18.6. The first-order valence-corrected chi connectivity index (χ1v) is 8.82. The van der Waals surface area contributed by atoms with Gasteiger partial charge in [0.2, 0.25) is 0 Å². The maximum atomic E-state index is 12.2. The molecular weight excluding hydrogens is 356 g/mol. The molecule has 4 rings (SSSR count). The molecule has 0 fully saturated rings. The highest BCUT2D eigenvalue weighted by molar-refractivity contribution is 7.80. The first-order valence-electron chi connectivity index (χ1n) is 8.41. The number of para-hydroxylation sites is 2. The summed E-state index contributed by atoms with van der Waals surface area (Å²) in [6.45, 7) is 0. The number of benzene rings is 3. The van der Waals surface area contributed by atoms with Gasteiger partial charge >= 0.3 is 0 Å². The monoisotopic (exact) mass is 372 g/mol. The molecule has 0 aliphatic rings. The van der Waals surface area contributed by atoms with E-state index < -0.39 is 0 Å². The molecular formula is C21H16N4OS. The largest absolute Gasteiger partial charge is 0.338 e. The van der Waals surface area contributed by atoms with Crippen LogP contribution in [0, 0.1) is 0 Å². The molecule has 0 atom stereocenters. The molecule has 0 radical (unpaired) electrons. The zero-order valence-corrected chi connectivity index (χ0v) is 15.1. The van der Waals surface area contributed by atoms with E-state index in [4.69, 9.17) is 12.2 Å². The molecule has 0 saturated heterocycles. The molecule has 1 heterocycles. The van der Waals surface area contributed by atoms with Crippen molar-refractivity contribution in [2.75, 3.05) is 5.32 Å². The lowest BCUT2D eigenvalue weighted by atomic mass is 10.2. The Balaban J connectivity index is 1.49. The Morgan fingerprint density at radius 3 is 2.52 bits per heavy atom. The van der Waals surface area contributed by atoms with E-state index in [-0.39, 0.29) is 11.0 Å². The molecule has 0 aliphatic carbocycles. The van der Waals surface area contributed by atoms with E-state index in [1.807, 2.05) is 66.7 Å².